The van der Waals surface area contributed by atoms with Gasteiger partial charge in [-0.2, -0.15) is 0 Å². The number of carbonyl (C=O) groups is 1. The molecule has 2 aliphatic rings. The van der Waals surface area contributed by atoms with E-state index in [1.807, 2.05) is 18.2 Å². The van der Waals surface area contributed by atoms with Gasteiger partial charge in [0.05, 0.1) is 0 Å². The SMILES string of the molecule is Nc1ccc2c(c1CCc1ccc(CN3CCCC3)cc1)C=CC(=O)C2. The van der Waals surface area contributed by atoms with E-state index in [1.165, 1.54) is 42.6 Å². The molecule has 0 amide bonds. The van der Waals surface area contributed by atoms with Crippen LogP contribution in [0.5, 0.6) is 0 Å². The highest BCUT2D eigenvalue weighted by Gasteiger charge is 2.16. The van der Waals surface area contributed by atoms with Crippen LogP contribution in [0.1, 0.15) is 40.7 Å². The van der Waals surface area contributed by atoms with Gasteiger partial charge in [-0.05, 0) is 78.7 Å². The van der Waals surface area contributed by atoms with Gasteiger partial charge in [0, 0.05) is 18.7 Å². The molecule has 2 aromatic carbocycles. The Hall–Kier alpha value is -2.39. The molecule has 134 valence electrons. The predicted octanol–water partition coefficient (Wildman–Crippen LogP) is 3.79. The number of rotatable bonds is 5. The van der Waals surface area contributed by atoms with Crippen LogP contribution in [0.25, 0.3) is 6.08 Å². The van der Waals surface area contributed by atoms with E-state index in [-0.39, 0.29) is 5.78 Å². The zero-order chi connectivity index (χ0) is 17.9. The summed E-state index contributed by atoms with van der Waals surface area (Å²) in [5.74, 6) is 0.168. The maximum absolute atomic E-state index is 11.6. The number of anilines is 1. The molecular weight excluding hydrogens is 320 g/mol. The zero-order valence-corrected chi connectivity index (χ0v) is 15.2. The first kappa shape index (κ1) is 17.0. The third-order valence-electron chi connectivity index (χ3n) is 5.58. The van der Waals surface area contributed by atoms with Crippen molar-refractivity contribution in [2.24, 2.45) is 0 Å². The summed E-state index contributed by atoms with van der Waals surface area (Å²) in [7, 11) is 0. The summed E-state index contributed by atoms with van der Waals surface area (Å²) in [5, 5.41) is 0. The summed E-state index contributed by atoms with van der Waals surface area (Å²) >= 11 is 0. The van der Waals surface area contributed by atoms with Crippen LogP contribution in [-0.4, -0.2) is 23.8 Å². The summed E-state index contributed by atoms with van der Waals surface area (Å²) in [6.07, 6.45) is 8.64. The first-order valence-corrected chi connectivity index (χ1v) is 9.60. The maximum Gasteiger partial charge on any atom is 0.160 e. The molecule has 1 saturated heterocycles. The molecule has 0 atom stereocenters. The third-order valence-corrected chi connectivity index (χ3v) is 5.58. The van der Waals surface area contributed by atoms with Gasteiger partial charge < -0.3 is 5.73 Å². The molecule has 1 aliphatic carbocycles. The Labute approximate surface area is 155 Å². The van der Waals surface area contributed by atoms with Crippen molar-refractivity contribution >= 4 is 17.5 Å². The monoisotopic (exact) mass is 346 g/mol. The average molecular weight is 346 g/mol. The number of benzene rings is 2. The molecule has 0 unspecified atom stereocenters. The lowest BCUT2D eigenvalue weighted by atomic mass is 9.89. The number of hydrogen-bond acceptors (Lipinski definition) is 3. The summed E-state index contributed by atoms with van der Waals surface area (Å²) in [6, 6.07) is 12.9. The molecule has 0 spiro atoms. The Balaban J connectivity index is 1.44. The van der Waals surface area contributed by atoms with E-state index in [2.05, 4.69) is 29.2 Å². The molecule has 1 aliphatic heterocycles. The quantitative estimate of drug-likeness (QED) is 0.838. The molecule has 1 fully saturated rings. The Bertz CT molecular complexity index is 830. The fourth-order valence-electron chi connectivity index (χ4n) is 4.07. The predicted molar refractivity (Wildman–Crippen MR) is 107 cm³/mol. The highest BCUT2D eigenvalue weighted by molar-refractivity contribution is 5.99. The molecule has 2 aromatic rings. The number of carbonyl (C=O) groups excluding carboxylic acids is 1. The number of likely N-dealkylation sites (tertiary alicyclic amines) is 1. The van der Waals surface area contributed by atoms with Crippen LogP contribution in [0.3, 0.4) is 0 Å². The molecular formula is C23H26N2O. The highest BCUT2D eigenvalue weighted by Crippen LogP contribution is 2.27. The normalized spacial score (nSPS) is 16.8. The lowest BCUT2D eigenvalue weighted by Crippen LogP contribution is -2.18. The Morgan fingerprint density at radius 2 is 1.62 bits per heavy atom. The molecule has 26 heavy (non-hydrogen) atoms. The van der Waals surface area contributed by atoms with E-state index in [9.17, 15) is 4.79 Å². The number of allylic oxidation sites excluding steroid dienone is 1. The highest BCUT2D eigenvalue weighted by atomic mass is 16.1. The number of nitrogen functional groups attached to an aromatic ring is 1. The van der Waals surface area contributed by atoms with E-state index < -0.39 is 0 Å². The van der Waals surface area contributed by atoms with E-state index in [0.717, 1.165) is 36.2 Å². The number of ketones is 1. The minimum absolute atomic E-state index is 0.168. The van der Waals surface area contributed by atoms with Gasteiger partial charge in [0.2, 0.25) is 0 Å². The topological polar surface area (TPSA) is 46.3 Å². The zero-order valence-electron chi connectivity index (χ0n) is 15.2. The van der Waals surface area contributed by atoms with Crippen LogP contribution in [0.2, 0.25) is 0 Å². The fraction of sp³-hybridized carbons (Fsp3) is 0.348. The van der Waals surface area contributed by atoms with E-state index in [1.54, 1.807) is 6.08 Å². The third kappa shape index (κ3) is 3.73. The van der Waals surface area contributed by atoms with E-state index in [4.69, 9.17) is 5.73 Å². The van der Waals surface area contributed by atoms with Crippen LogP contribution < -0.4 is 5.73 Å². The van der Waals surface area contributed by atoms with Crippen molar-refractivity contribution in [3.8, 4) is 0 Å². The molecule has 3 nitrogen and oxygen atoms in total. The van der Waals surface area contributed by atoms with E-state index in [0.29, 0.717) is 6.42 Å². The number of nitrogens with two attached hydrogens (primary N) is 1. The molecule has 0 bridgehead atoms. The lowest BCUT2D eigenvalue weighted by Gasteiger charge is -2.17. The minimum atomic E-state index is 0.168. The van der Waals surface area contributed by atoms with Crippen LogP contribution in [0.4, 0.5) is 5.69 Å². The maximum atomic E-state index is 11.6. The standard InChI is InChI=1S/C23H26N2O/c24-23-12-8-19-15-20(26)9-11-21(19)22(23)10-7-17-3-5-18(6-4-17)16-25-13-1-2-14-25/h3-6,8-9,11-12H,1-2,7,10,13-16,24H2. The second-order valence-electron chi connectivity index (χ2n) is 7.48. The Morgan fingerprint density at radius 3 is 2.38 bits per heavy atom. The first-order valence-electron chi connectivity index (χ1n) is 9.60. The largest absolute Gasteiger partial charge is 0.398 e. The van der Waals surface area contributed by atoms with Gasteiger partial charge in [0.15, 0.2) is 5.78 Å². The summed E-state index contributed by atoms with van der Waals surface area (Å²) in [5.41, 5.74) is 13.2. The molecule has 2 N–H and O–H groups in total. The first-order chi connectivity index (χ1) is 12.7. The molecule has 0 radical (unpaired) electrons. The van der Waals surface area contributed by atoms with Crippen molar-refractivity contribution in [2.45, 2.75) is 38.6 Å². The molecule has 0 aromatic heterocycles. The van der Waals surface area contributed by atoms with Gasteiger partial charge in [0.1, 0.15) is 0 Å². The van der Waals surface area contributed by atoms with Crippen LogP contribution in [0, 0.1) is 0 Å². The minimum Gasteiger partial charge on any atom is -0.398 e. The van der Waals surface area contributed by atoms with Crippen LogP contribution >= 0.6 is 0 Å². The van der Waals surface area contributed by atoms with Crippen molar-refractivity contribution in [1.29, 1.82) is 0 Å². The lowest BCUT2D eigenvalue weighted by molar-refractivity contribution is -0.114. The van der Waals surface area contributed by atoms with Crippen molar-refractivity contribution < 1.29 is 4.79 Å². The van der Waals surface area contributed by atoms with Crippen molar-refractivity contribution in [2.75, 3.05) is 18.8 Å². The number of fused-ring (bicyclic) bond motifs is 1. The second kappa shape index (κ2) is 7.46. The molecule has 4 rings (SSSR count). The summed E-state index contributed by atoms with van der Waals surface area (Å²) in [6.45, 7) is 3.53. The van der Waals surface area contributed by atoms with E-state index >= 15 is 0 Å². The van der Waals surface area contributed by atoms with Crippen molar-refractivity contribution in [3.05, 3.63) is 70.3 Å². The molecule has 0 saturated carbocycles. The molecule has 1 heterocycles. The number of nitrogens with zero attached hydrogens (tertiary/aromatic N) is 1. The Morgan fingerprint density at radius 1 is 0.885 bits per heavy atom. The summed E-state index contributed by atoms with van der Waals surface area (Å²) < 4.78 is 0. The smallest absolute Gasteiger partial charge is 0.160 e. The summed E-state index contributed by atoms with van der Waals surface area (Å²) in [4.78, 5) is 14.2. The van der Waals surface area contributed by atoms with Crippen LogP contribution in [-0.2, 0) is 30.6 Å². The van der Waals surface area contributed by atoms with Gasteiger partial charge in [0.25, 0.3) is 0 Å². The second-order valence-corrected chi connectivity index (χ2v) is 7.48. The van der Waals surface area contributed by atoms with Gasteiger partial charge in [-0.3, -0.25) is 9.69 Å². The fourth-order valence-corrected chi connectivity index (χ4v) is 4.07. The van der Waals surface area contributed by atoms with Crippen molar-refractivity contribution in [1.82, 2.24) is 4.90 Å². The van der Waals surface area contributed by atoms with Gasteiger partial charge in [-0.25, -0.2) is 0 Å². The van der Waals surface area contributed by atoms with Crippen molar-refractivity contribution in [3.63, 3.8) is 0 Å². The number of hydrogen-bond donors (Lipinski definition) is 1. The average Bonchev–Trinajstić information content (AvgIpc) is 3.15. The van der Waals surface area contributed by atoms with Crippen LogP contribution in [0.15, 0.2) is 42.5 Å². The van der Waals surface area contributed by atoms with Gasteiger partial charge >= 0.3 is 0 Å². The molecule has 3 heteroatoms. The number of aryl methyl sites for hydroxylation is 1. The van der Waals surface area contributed by atoms with Gasteiger partial charge in [-0.15, -0.1) is 0 Å². The Kier molecular flexibility index (Phi) is 4.89. The van der Waals surface area contributed by atoms with Gasteiger partial charge in [-0.1, -0.05) is 36.4 Å².